The monoisotopic (exact) mass is 732 g/mol. The number of rotatable bonds is 5. The maximum atomic E-state index is 12.9. The molecule has 15 heteroatoms. The molecule has 50 heavy (non-hydrogen) atoms. The number of nitrogens with one attached hydrogen (secondary N) is 1. The molecule has 0 amide bonds. The quantitative estimate of drug-likeness (QED) is 0.220. The average Bonchev–Trinajstić information content (AvgIpc) is 3.09. The van der Waals surface area contributed by atoms with Crippen LogP contribution < -0.4 is 22.2 Å². The van der Waals surface area contributed by atoms with Crippen molar-refractivity contribution >= 4 is 61.1 Å². The molecule has 0 saturated heterocycles. The number of pyridine rings is 2. The zero-order valence-corrected chi connectivity index (χ0v) is 29.8. The van der Waals surface area contributed by atoms with E-state index in [1.54, 1.807) is 54.2 Å². The van der Waals surface area contributed by atoms with E-state index in [0.29, 0.717) is 61.4 Å². The van der Waals surface area contributed by atoms with Gasteiger partial charge in [0.2, 0.25) is 20.9 Å². The minimum absolute atomic E-state index is 0.135. The van der Waals surface area contributed by atoms with Crippen molar-refractivity contribution in [2.24, 2.45) is 19.8 Å². The van der Waals surface area contributed by atoms with Gasteiger partial charge in [-0.2, -0.15) is 9.97 Å². The van der Waals surface area contributed by atoms with Crippen LogP contribution >= 0.6 is 23.2 Å². The summed E-state index contributed by atoms with van der Waals surface area (Å²) in [6.07, 6.45) is 8.18. The first-order valence-electron chi connectivity index (χ1n) is 15.8. The summed E-state index contributed by atoms with van der Waals surface area (Å²) in [5, 5.41) is 5.41. The molecule has 12 nitrogen and oxygen atoms in total. The lowest BCUT2D eigenvalue weighted by atomic mass is 9.92. The van der Waals surface area contributed by atoms with E-state index in [0.717, 1.165) is 37.3 Å². The summed E-state index contributed by atoms with van der Waals surface area (Å²) in [6, 6.07) is 18.4. The highest BCUT2D eigenvalue weighted by Gasteiger charge is 2.20. The average molecular weight is 734 g/mol. The first kappa shape index (κ1) is 35.1. The molecule has 0 atom stereocenters. The van der Waals surface area contributed by atoms with E-state index in [4.69, 9.17) is 28.9 Å². The zero-order chi connectivity index (χ0) is 35.7. The highest BCUT2D eigenvalue weighted by Crippen LogP contribution is 2.28. The van der Waals surface area contributed by atoms with Gasteiger partial charge in [-0.15, -0.1) is 0 Å². The van der Waals surface area contributed by atoms with Crippen LogP contribution in [0.2, 0.25) is 10.0 Å². The number of halogens is 2. The number of hydrogen-bond acceptors (Lipinski definition) is 10. The number of fused-ring (bicyclic) bond motifs is 2. The van der Waals surface area contributed by atoms with Crippen molar-refractivity contribution in [1.29, 1.82) is 0 Å². The molecule has 1 fully saturated rings. The molecule has 2 aromatic carbocycles. The Kier molecular flexibility index (Phi) is 10.0. The summed E-state index contributed by atoms with van der Waals surface area (Å²) in [7, 11) is -0.296. The van der Waals surface area contributed by atoms with Crippen molar-refractivity contribution in [3.63, 3.8) is 0 Å². The molecule has 6 aromatic rings. The Morgan fingerprint density at radius 1 is 0.740 bits per heavy atom. The third-order valence-electron chi connectivity index (χ3n) is 8.64. The number of nitrogens with zero attached hydrogens (tertiary/aromatic N) is 6. The maximum Gasteiger partial charge on any atom is 0.259 e. The summed E-state index contributed by atoms with van der Waals surface area (Å²) < 4.78 is 26.0. The SMILES string of the molecule is Cn1c(=O)c(-c2ccccc2Cl)cc2cnc(NC3CCC(N)CC3)nc21.Cn1c(=O)c(-c2ccccc2Cl)cc2cnc(S(C)(=O)=O)nc21. The van der Waals surface area contributed by atoms with Gasteiger partial charge in [0.05, 0.1) is 0 Å². The fourth-order valence-electron chi connectivity index (χ4n) is 5.92. The molecule has 0 spiro atoms. The molecule has 4 heterocycles. The minimum Gasteiger partial charge on any atom is -0.351 e. The van der Waals surface area contributed by atoms with Gasteiger partial charge in [0, 0.05) is 87.9 Å². The van der Waals surface area contributed by atoms with Crippen LogP contribution in [-0.2, 0) is 23.9 Å². The zero-order valence-electron chi connectivity index (χ0n) is 27.5. The van der Waals surface area contributed by atoms with Crippen molar-refractivity contribution in [1.82, 2.24) is 29.1 Å². The molecule has 0 aliphatic heterocycles. The van der Waals surface area contributed by atoms with Crippen LogP contribution in [-0.4, -0.2) is 55.8 Å². The number of anilines is 1. The van der Waals surface area contributed by atoms with Gasteiger partial charge in [-0.05, 0) is 49.9 Å². The topological polar surface area (TPSA) is 168 Å². The van der Waals surface area contributed by atoms with E-state index < -0.39 is 9.84 Å². The third kappa shape index (κ3) is 7.26. The summed E-state index contributed by atoms with van der Waals surface area (Å²) in [6.45, 7) is 0. The predicted octanol–water partition coefficient (Wildman–Crippen LogP) is 5.38. The van der Waals surface area contributed by atoms with E-state index in [9.17, 15) is 18.0 Å². The van der Waals surface area contributed by atoms with Crippen molar-refractivity contribution in [3.8, 4) is 22.3 Å². The second-order valence-corrected chi connectivity index (χ2v) is 15.0. The smallest absolute Gasteiger partial charge is 0.259 e. The molecule has 0 bridgehead atoms. The molecule has 1 aliphatic carbocycles. The van der Waals surface area contributed by atoms with E-state index in [2.05, 4.69) is 25.3 Å². The van der Waals surface area contributed by atoms with E-state index in [-0.39, 0.29) is 21.9 Å². The first-order valence-corrected chi connectivity index (χ1v) is 18.4. The van der Waals surface area contributed by atoms with Crippen LogP contribution in [0.5, 0.6) is 0 Å². The van der Waals surface area contributed by atoms with Gasteiger partial charge < -0.3 is 11.1 Å². The Hall–Kier alpha value is -4.69. The van der Waals surface area contributed by atoms with Crippen molar-refractivity contribution < 1.29 is 8.42 Å². The number of nitrogens with two attached hydrogens (primary N) is 1. The van der Waals surface area contributed by atoms with Crippen LogP contribution in [0.25, 0.3) is 44.3 Å². The standard InChI is InChI=1S/C20H22ClN5O.C15H12ClN3O3S/c1-26-18-12(10-16(19(26)27)15-4-2-3-5-17(15)21)11-23-20(25-18)24-14-8-6-13(22)7-9-14;1-19-13-9(8-17-15(18-13)23(2,21)22)7-11(14(19)20)10-5-3-4-6-12(10)16/h2-5,10-11,13-14H,6-9,22H2,1H3,(H,23,24,25);3-8H,1-2H3. The van der Waals surface area contributed by atoms with Gasteiger partial charge in [-0.3, -0.25) is 18.7 Å². The molecule has 258 valence electrons. The van der Waals surface area contributed by atoms with Gasteiger partial charge in [0.1, 0.15) is 11.3 Å². The number of benzene rings is 2. The van der Waals surface area contributed by atoms with Gasteiger partial charge in [0.15, 0.2) is 0 Å². The van der Waals surface area contributed by atoms with Crippen LogP contribution in [0.1, 0.15) is 25.7 Å². The minimum atomic E-state index is -3.55. The molecular weight excluding hydrogens is 699 g/mol. The summed E-state index contributed by atoms with van der Waals surface area (Å²) >= 11 is 12.4. The normalized spacial score (nSPS) is 16.2. The predicted molar refractivity (Wildman–Crippen MR) is 197 cm³/mol. The lowest BCUT2D eigenvalue weighted by Crippen LogP contribution is -2.33. The summed E-state index contributed by atoms with van der Waals surface area (Å²) in [5.41, 5.74) is 8.62. The molecule has 0 radical (unpaired) electrons. The maximum absolute atomic E-state index is 12.9. The lowest BCUT2D eigenvalue weighted by Gasteiger charge is -2.26. The van der Waals surface area contributed by atoms with Gasteiger partial charge in [0.25, 0.3) is 11.1 Å². The fourth-order valence-corrected chi connectivity index (χ4v) is 6.89. The number of aryl methyl sites for hydroxylation is 2. The van der Waals surface area contributed by atoms with Crippen LogP contribution in [0, 0.1) is 0 Å². The first-order chi connectivity index (χ1) is 23.8. The third-order valence-corrected chi connectivity index (χ3v) is 10.2. The summed E-state index contributed by atoms with van der Waals surface area (Å²) in [4.78, 5) is 42.4. The Morgan fingerprint density at radius 2 is 1.22 bits per heavy atom. The van der Waals surface area contributed by atoms with Crippen LogP contribution in [0.3, 0.4) is 0 Å². The van der Waals surface area contributed by atoms with Crippen LogP contribution in [0.15, 0.2) is 87.8 Å². The molecule has 3 N–H and O–H groups in total. The Balaban J connectivity index is 0.000000175. The van der Waals surface area contributed by atoms with Crippen LogP contribution in [0.4, 0.5) is 5.95 Å². The molecular formula is C35H34Cl2N8O4S. The van der Waals surface area contributed by atoms with Gasteiger partial charge in [-0.25, -0.2) is 18.4 Å². The Bertz CT molecular complexity index is 2480. The molecule has 0 unspecified atom stereocenters. The van der Waals surface area contributed by atoms with E-state index in [1.165, 1.54) is 17.8 Å². The summed E-state index contributed by atoms with van der Waals surface area (Å²) in [5.74, 6) is 0.545. The van der Waals surface area contributed by atoms with Crippen molar-refractivity contribution in [2.45, 2.75) is 42.9 Å². The largest absolute Gasteiger partial charge is 0.351 e. The molecule has 7 rings (SSSR count). The number of hydrogen-bond donors (Lipinski definition) is 2. The van der Waals surface area contributed by atoms with Gasteiger partial charge >= 0.3 is 0 Å². The molecule has 1 aliphatic rings. The van der Waals surface area contributed by atoms with Gasteiger partial charge in [-0.1, -0.05) is 59.6 Å². The second-order valence-electron chi connectivity index (χ2n) is 12.2. The van der Waals surface area contributed by atoms with E-state index >= 15 is 0 Å². The second kappa shape index (κ2) is 14.3. The highest BCUT2D eigenvalue weighted by atomic mass is 35.5. The number of sulfone groups is 1. The molecule has 4 aromatic heterocycles. The Morgan fingerprint density at radius 3 is 1.72 bits per heavy atom. The van der Waals surface area contributed by atoms with Crippen molar-refractivity contribution in [3.05, 3.63) is 104 Å². The highest BCUT2D eigenvalue weighted by molar-refractivity contribution is 7.90. The number of aromatic nitrogens is 6. The van der Waals surface area contributed by atoms with Crippen molar-refractivity contribution in [2.75, 3.05) is 11.6 Å². The molecule has 1 saturated carbocycles. The fraction of sp³-hybridized carbons (Fsp3) is 0.257. The van der Waals surface area contributed by atoms with E-state index in [1.807, 2.05) is 24.3 Å². The Labute approximate surface area is 297 Å². The lowest BCUT2D eigenvalue weighted by molar-refractivity contribution is 0.410.